The molecule has 6 heteroatoms. The minimum Gasteiger partial charge on any atom is -0.355 e. The molecule has 1 amide bonds. The van der Waals surface area contributed by atoms with Gasteiger partial charge in [-0.1, -0.05) is 33.1 Å². The average Bonchev–Trinajstić information content (AvgIpc) is 2.80. The van der Waals surface area contributed by atoms with E-state index < -0.39 is 9.84 Å². The molecule has 1 aliphatic rings. The number of hydrogen-bond acceptors (Lipinski definition) is 4. The molecule has 0 aliphatic carbocycles. The number of nitrogens with zero attached hydrogens (tertiary/aromatic N) is 1. The third-order valence-electron chi connectivity index (χ3n) is 3.97. The van der Waals surface area contributed by atoms with E-state index in [1.807, 2.05) is 0 Å². The molecular formula is C15H30N2O3S. The van der Waals surface area contributed by atoms with Crippen LogP contribution >= 0.6 is 0 Å². The Kier molecular flexibility index (Phi) is 8.26. The summed E-state index contributed by atoms with van der Waals surface area (Å²) in [5.74, 6) is 0.490. The summed E-state index contributed by atoms with van der Waals surface area (Å²) in [4.78, 5) is 14.1. The zero-order valence-corrected chi connectivity index (χ0v) is 14.3. The topological polar surface area (TPSA) is 66.5 Å². The van der Waals surface area contributed by atoms with E-state index in [0.29, 0.717) is 13.0 Å². The number of rotatable bonds is 10. The largest absolute Gasteiger partial charge is 0.355 e. The molecule has 0 radical (unpaired) electrons. The first-order valence-electron chi connectivity index (χ1n) is 8.19. The Bertz CT molecular complexity index is 409. The molecule has 1 unspecified atom stereocenters. The zero-order valence-electron chi connectivity index (χ0n) is 13.4. The monoisotopic (exact) mass is 318 g/mol. The number of sulfone groups is 1. The number of unbranched alkanes of at least 4 members (excludes halogenated alkanes) is 3. The molecule has 1 rings (SSSR count). The maximum Gasteiger partial charge on any atom is 0.234 e. The van der Waals surface area contributed by atoms with Crippen molar-refractivity contribution in [2.75, 3.05) is 31.1 Å². The number of nitrogens with one attached hydrogen (secondary N) is 1. The van der Waals surface area contributed by atoms with E-state index >= 15 is 0 Å². The summed E-state index contributed by atoms with van der Waals surface area (Å²) in [7, 11) is -2.90. The zero-order chi connectivity index (χ0) is 15.7. The fourth-order valence-electron chi connectivity index (χ4n) is 2.66. The first-order valence-corrected chi connectivity index (χ1v) is 10.0. The lowest BCUT2D eigenvalue weighted by Gasteiger charge is -2.27. The van der Waals surface area contributed by atoms with Crippen molar-refractivity contribution in [3.8, 4) is 0 Å². The summed E-state index contributed by atoms with van der Waals surface area (Å²) in [6.45, 7) is 6.09. The molecule has 0 saturated carbocycles. The van der Waals surface area contributed by atoms with Crippen LogP contribution in [-0.4, -0.2) is 56.4 Å². The van der Waals surface area contributed by atoms with E-state index in [1.165, 1.54) is 0 Å². The van der Waals surface area contributed by atoms with Gasteiger partial charge in [-0.25, -0.2) is 8.42 Å². The highest BCUT2D eigenvalue weighted by Crippen LogP contribution is 2.18. The third-order valence-corrected chi connectivity index (χ3v) is 5.72. The lowest BCUT2D eigenvalue weighted by Crippen LogP contribution is -2.44. The van der Waals surface area contributed by atoms with Crippen molar-refractivity contribution in [2.24, 2.45) is 0 Å². The van der Waals surface area contributed by atoms with E-state index in [1.54, 1.807) is 0 Å². The van der Waals surface area contributed by atoms with Crippen LogP contribution in [0.1, 0.15) is 52.4 Å². The standard InChI is InChI=1S/C15H30N2O3S/c1-3-5-7-9-16-15(18)12-17(10-6-4-2)14-8-11-21(19,20)13-14/h14H,3-13H2,1-2H3,(H,16,18). The van der Waals surface area contributed by atoms with Crippen LogP contribution in [-0.2, 0) is 14.6 Å². The van der Waals surface area contributed by atoms with Crippen LogP contribution in [0.4, 0.5) is 0 Å². The maximum absolute atomic E-state index is 12.0. The molecule has 1 N–H and O–H groups in total. The Hall–Kier alpha value is -0.620. The van der Waals surface area contributed by atoms with E-state index in [2.05, 4.69) is 24.1 Å². The van der Waals surface area contributed by atoms with Gasteiger partial charge in [0, 0.05) is 12.6 Å². The highest BCUT2D eigenvalue weighted by Gasteiger charge is 2.32. The van der Waals surface area contributed by atoms with Gasteiger partial charge in [-0.3, -0.25) is 9.69 Å². The van der Waals surface area contributed by atoms with Crippen molar-refractivity contribution in [2.45, 2.75) is 58.4 Å². The molecule has 0 bridgehead atoms. The van der Waals surface area contributed by atoms with Gasteiger partial charge in [0.25, 0.3) is 0 Å². The Morgan fingerprint density at radius 3 is 2.48 bits per heavy atom. The van der Waals surface area contributed by atoms with Crippen LogP contribution in [0.5, 0.6) is 0 Å². The third kappa shape index (κ3) is 7.27. The normalized spacial score (nSPS) is 20.8. The summed E-state index contributed by atoms with van der Waals surface area (Å²) in [6, 6.07) is 0.0166. The summed E-state index contributed by atoms with van der Waals surface area (Å²) in [6.07, 6.45) is 5.98. The van der Waals surface area contributed by atoms with Crippen LogP contribution in [0, 0.1) is 0 Å². The van der Waals surface area contributed by atoms with Crippen LogP contribution in [0.3, 0.4) is 0 Å². The Labute approximate surface area is 129 Å². The average molecular weight is 318 g/mol. The molecule has 0 aromatic rings. The maximum atomic E-state index is 12.0. The summed E-state index contributed by atoms with van der Waals surface area (Å²) in [5.41, 5.74) is 0. The van der Waals surface area contributed by atoms with Crippen molar-refractivity contribution < 1.29 is 13.2 Å². The molecule has 0 spiro atoms. The van der Waals surface area contributed by atoms with Gasteiger partial charge in [-0.05, 0) is 25.8 Å². The van der Waals surface area contributed by atoms with Gasteiger partial charge in [0.1, 0.15) is 0 Å². The second kappa shape index (κ2) is 9.41. The van der Waals surface area contributed by atoms with Gasteiger partial charge < -0.3 is 5.32 Å². The molecule has 1 saturated heterocycles. The van der Waals surface area contributed by atoms with Crippen molar-refractivity contribution in [1.29, 1.82) is 0 Å². The number of amides is 1. The molecule has 1 aliphatic heterocycles. The highest BCUT2D eigenvalue weighted by atomic mass is 32.2. The van der Waals surface area contributed by atoms with Crippen LogP contribution < -0.4 is 5.32 Å². The minimum atomic E-state index is -2.90. The Morgan fingerprint density at radius 2 is 1.90 bits per heavy atom. The lowest BCUT2D eigenvalue weighted by molar-refractivity contribution is -0.122. The molecule has 1 heterocycles. The van der Waals surface area contributed by atoms with E-state index in [4.69, 9.17) is 0 Å². The number of carbonyl (C=O) groups excluding carboxylic acids is 1. The first kappa shape index (κ1) is 18.4. The van der Waals surface area contributed by atoms with Crippen LogP contribution in [0.2, 0.25) is 0 Å². The summed E-state index contributed by atoms with van der Waals surface area (Å²) in [5, 5.41) is 2.94. The second-order valence-corrected chi connectivity index (χ2v) is 8.17. The molecule has 1 atom stereocenters. The second-order valence-electron chi connectivity index (χ2n) is 5.94. The predicted octanol–water partition coefficient (Wildman–Crippen LogP) is 1.58. The Morgan fingerprint density at radius 1 is 1.19 bits per heavy atom. The summed E-state index contributed by atoms with van der Waals surface area (Å²) >= 11 is 0. The Balaban J connectivity index is 2.44. The van der Waals surface area contributed by atoms with E-state index in [-0.39, 0.29) is 23.5 Å². The van der Waals surface area contributed by atoms with Crippen LogP contribution in [0.25, 0.3) is 0 Å². The van der Waals surface area contributed by atoms with Crippen molar-refractivity contribution >= 4 is 15.7 Å². The molecule has 0 aromatic heterocycles. The molecular weight excluding hydrogens is 288 g/mol. The SMILES string of the molecule is CCCCCNC(=O)CN(CCCC)C1CCS(=O)(=O)C1. The van der Waals surface area contributed by atoms with Gasteiger partial charge in [0.15, 0.2) is 9.84 Å². The number of carbonyl (C=O) groups is 1. The quantitative estimate of drug-likeness (QED) is 0.621. The fourth-order valence-corrected chi connectivity index (χ4v) is 4.42. The van der Waals surface area contributed by atoms with Gasteiger partial charge >= 0.3 is 0 Å². The molecule has 1 fully saturated rings. The number of hydrogen-bond donors (Lipinski definition) is 1. The van der Waals surface area contributed by atoms with E-state index in [0.717, 1.165) is 45.2 Å². The van der Waals surface area contributed by atoms with Crippen LogP contribution in [0.15, 0.2) is 0 Å². The predicted molar refractivity (Wildman–Crippen MR) is 86.1 cm³/mol. The molecule has 124 valence electrons. The van der Waals surface area contributed by atoms with Crippen molar-refractivity contribution in [3.05, 3.63) is 0 Å². The molecule has 0 aromatic carbocycles. The van der Waals surface area contributed by atoms with Gasteiger partial charge in [-0.2, -0.15) is 0 Å². The minimum absolute atomic E-state index is 0.0166. The molecule has 21 heavy (non-hydrogen) atoms. The summed E-state index contributed by atoms with van der Waals surface area (Å²) < 4.78 is 23.2. The van der Waals surface area contributed by atoms with Gasteiger partial charge in [0.2, 0.25) is 5.91 Å². The highest BCUT2D eigenvalue weighted by molar-refractivity contribution is 7.91. The van der Waals surface area contributed by atoms with E-state index in [9.17, 15) is 13.2 Å². The van der Waals surface area contributed by atoms with Crippen molar-refractivity contribution in [3.63, 3.8) is 0 Å². The first-order chi connectivity index (χ1) is 9.98. The van der Waals surface area contributed by atoms with Gasteiger partial charge in [0.05, 0.1) is 18.1 Å². The fraction of sp³-hybridized carbons (Fsp3) is 0.933. The smallest absolute Gasteiger partial charge is 0.234 e. The van der Waals surface area contributed by atoms with Crippen molar-refractivity contribution in [1.82, 2.24) is 10.2 Å². The lowest BCUT2D eigenvalue weighted by atomic mass is 10.2. The molecule has 5 nitrogen and oxygen atoms in total. The van der Waals surface area contributed by atoms with Gasteiger partial charge in [-0.15, -0.1) is 0 Å².